The lowest BCUT2D eigenvalue weighted by molar-refractivity contribution is 0.123. The number of hydrogen-bond acceptors (Lipinski definition) is 7. The van der Waals surface area contributed by atoms with E-state index in [-0.39, 0.29) is 11.4 Å². The summed E-state index contributed by atoms with van der Waals surface area (Å²) in [5.41, 5.74) is 7.93. The van der Waals surface area contributed by atoms with Crippen molar-refractivity contribution in [1.82, 2.24) is 4.98 Å². The average molecular weight is 518 g/mol. The van der Waals surface area contributed by atoms with Crippen molar-refractivity contribution < 1.29 is 22.1 Å². The highest BCUT2D eigenvalue weighted by Crippen LogP contribution is 2.46. The lowest BCUT2D eigenvalue weighted by atomic mass is 10.0. The van der Waals surface area contributed by atoms with Crippen molar-refractivity contribution in [3.8, 4) is 0 Å². The third-order valence-electron chi connectivity index (χ3n) is 5.88. The first-order valence-corrected chi connectivity index (χ1v) is 12.5. The molecule has 3 heterocycles. The highest BCUT2D eigenvalue weighted by molar-refractivity contribution is 7.87. The number of nitrogen functional groups attached to an aromatic ring is 1. The standard InChI is InChI=1S/C23H21ClFN5O4S/c24-23(21(7-8-27-23)30(35(31,32)33)17-4-2-16(25)3-5-17)15-1-6-19-18(13-15)20(14-22(26)28-19)29-9-11-34-12-10-29/h1-8,13-14H,9-12H2,(H2,26,28)(H,31,32,33). The molecule has 1 fully saturated rings. The molecule has 0 radical (unpaired) electrons. The molecular formula is C23H21ClFN5O4S. The highest BCUT2D eigenvalue weighted by Gasteiger charge is 2.43. The summed E-state index contributed by atoms with van der Waals surface area (Å²) >= 11 is 6.98. The van der Waals surface area contributed by atoms with Crippen LogP contribution in [0.15, 0.2) is 65.3 Å². The molecule has 5 rings (SSSR count). The Labute approximate surface area is 206 Å². The quantitative estimate of drug-likeness (QED) is 0.302. The lowest BCUT2D eigenvalue weighted by Crippen LogP contribution is -2.37. The van der Waals surface area contributed by atoms with E-state index in [9.17, 15) is 17.4 Å². The minimum Gasteiger partial charge on any atom is -0.384 e. The molecule has 0 spiro atoms. The zero-order valence-electron chi connectivity index (χ0n) is 18.3. The summed E-state index contributed by atoms with van der Waals surface area (Å²) in [6.45, 7) is 2.47. The Morgan fingerprint density at radius 2 is 1.86 bits per heavy atom. The molecule has 3 aromatic rings. The fraction of sp³-hybridized carbons (Fsp3) is 0.217. The minimum atomic E-state index is -4.84. The number of hydrogen-bond donors (Lipinski definition) is 2. The van der Waals surface area contributed by atoms with E-state index >= 15 is 0 Å². The van der Waals surface area contributed by atoms with Gasteiger partial charge in [-0.25, -0.2) is 13.7 Å². The van der Waals surface area contributed by atoms with Crippen molar-refractivity contribution in [1.29, 1.82) is 0 Å². The van der Waals surface area contributed by atoms with E-state index in [1.165, 1.54) is 24.4 Å². The third kappa shape index (κ3) is 4.31. The second kappa shape index (κ2) is 8.76. The number of halogens is 2. The molecule has 1 atom stereocenters. The van der Waals surface area contributed by atoms with Gasteiger partial charge in [-0.1, -0.05) is 17.7 Å². The van der Waals surface area contributed by atoms with Gasteiger partial charge in [0, 0.05) is 42.0 Å². The van der Waals surface area contributed by atoms with Crippen LogP contribution >= 0.6 is 11.6 Å². The number of aliphatic imine (C=N–C) groups is 1. The van der Waals surface area contributed by atoms with Gasteiger partial charge in [-0.3, -0.25) is 9.55 Å². The van der Waals surface area contributed by atoms with Crippen molar-refractivity contribution >= 4 is 56.2 Å². The largest absolute Gasteiger partial charge is 0.384 e. The number of allylic oxidation sites excluding steroid dienone is 1. The fourth-order valence-corrected chi connectivity index (χ4v) is 5.49. The molecule has 0 aliphatic carbocycles. The maximum atomic E-state index is 13.5. The first kappa shape index (κ1) is 23.5. The van der Waals surface area contributed by atoms with Crippen LogP contribution in [0.1, 0.15) is 5.56 Å². The van der Waals surface area contributed by atoms with E-state index in [2.05, 4.69) is 14.9 Å². The van der Waals surface area contributed by atoms with Crippen LogP contribution in [0.2, 0.25) is 0 Å². The Morgan fingerprint density at radius 1 is 1.14 bits per heavy atom. The Balaban J connectivity index is 1.64. The molecule has 0 amide bonds. The topological polar surface area (TPSA) is 121 Å². The number of alkyl halides is 1. The average Bonchev–Trinajstić information content (AvgIpc) is 3.21. The van der Waals surface area contributed by atoms with E-state index in [0.717, 1.165) is 23.2 Å². The van der Waals surface area contributed by atoms with Crippen molar-refractivity contribution in [3.05, 3.63) is 71.7 Å². The molecule has 2 aliphatic heterocycles. The van der Waals surface area contributed by atoms with E-state index < -0.39 is 21.1 Å². The highest BCUT2D eigenvalue weighted by atomic mass is 35.5. The SMILES string of the molecule is Nc1cc(N2CCOCC2)c2cc(C3(Cl)N=CC=C3N(c3ccc(F)cc3)S(=O)(=O)O)ccc2n1. The Morgan fingerprint density at radius 3 is 2.54 bits per heavy atom. The van der Waals surface area contributed by atoms with Crippen LogP contribution in [0.4, 0.5) is 21.6 Å². The van der Waals surface area contributed by atoms with Crippen molar-refractivity contribution in [3.63, 3.8) is 0 Å². The first-order chi connectivity index (χ1) is 16.7. The molecule has 9 nitrogen and oxygen atoms in total. The molecule has 1 unspecified atom stereocenters. The Hall–Kier alpha value is -3.25. The van der Waals surface area contributed by atoms with Gasteiger partial charge in [0.2, 0.25) is 0 Å². The number of benzene rings is 2. The van der Waals surface area contributed by atoms with Crippen LogP contribution in [0.25, 0.3) is 10.9 Å². The van der Waals surface area contributed by atoms with Crippen LogP contribution < -0.4 is 14.9 Å². The number of ether oxygens (including phenoxy) is 1. The number of rotatable bonds is 5. The predicted octanol–water partition coefficient (Wildman–Crippen LogP) is 3.46. The van der Waals surface area contributed by atoms with E-state index in [0.29, 0.717) is 47.5 Å². The van der Waals surface area contributed by atoms with Crippen LogP contribution in [-0.2, 0) is 20.0 Å². The van der Waals surface area contributed by atoms with Crippen molar-refractivity contribution in [2.75, 3.05) is 41.2 Å². The van der Waals surface area contributed by atoms with E-state index in [1.807, 2.05) is 0 Å². The molecule has 12 heteroatoms. The zero-order chi connectivity index (χ0) is 24.8. The predicted molar refractivity (Wildman–Crippen MR) is 134 cm³/mol. The summed E-state index contributed by atoms with van der Waals surface area (Å²) in [5.74, 6) is -0.199. The van der Waals surface area contributed by atoms with Crippen molar-refractivity contribution in [2.24, 2.45) is 4.99 Å². The molecule has 2 aliphatic rings. The number of anilines is 3. The smallest absolute Gasteiger partial charge is 0.364 e. The van der Waals surface area contributed by atoms with Gasteiger partial charge in [-0.15, -0.1) is 0 Å². The number of aromatic nitrogens is 1. The van der Waals surface area contributed by atoms with Gasteiger partial charge < -0.3 is 15.4 Å². The molecule has 3 N–H and O–H groups in total. The molecule has 0 saturated carbocycles. The van der Waals surface area contributed by atoms with Crippen LogP contribution in [0.3, 0.4) is 0 Å². The van der Waals surface area contributed by atoms with Gasteiger partial charge in [0.15, 0.2) is 5.00 Å². The monoisotopic (exact) mass is 517 g/mol. The van der Waals surface area contributed by atoms with Gasteiger partial charge in [0.1, 0.15) is 11.6 Å². The summed E-state index contributed by atoms with van der Waals surface area (Å²) in [7, 11) is -4.84. The number of nitrogens with two attached hydrogens (primary N) is 1. The summed E-state index contributed by atoms with van der Waals surface area (Å²) in [6.07, 6.45) is 2.75. The maximum Gasteiger partial charge on any atom is 0.364 e. The summed E-state index contributed by atoms with van der Waals surface area (Å²) in [4.78, 5) is 9.19. The maximum absolute atomic E-state index is 13.5. The van der Waals surface area contributed by atoms with Crippen LogP contribution in [0.5, 0.6) is 0 Å². The van der Waals surface area contributed by atoms with E-state index in [1.54, 1.807) is 24.3 Å². The number of morpholine rings is 1. The third-order valence-corrected chi connectivity index (χ3v) is 7.25. The van der Waals surface area contributed by atoms with Gasteiger partial charge >= 0.3 is 10.3 Å². The second-order valence-corrected chi connectivity index (χ2v) is 9.88. The molecule has 35 heavy (non-hydrogen) atoms. The van der Waals surface area contributed by atoms with Crippen LogP contribution in [-0.4, -0.2) is 50.5 Å². The van der Waals surface area contributed by atoms with Crippen molar-refractivity contribution in [2.45, 2.75) is 5.00 Å². The molecule has 2 aromatic carbocycles. The zero-order valence-corrected chi connectivity index (χ0v) is 19.9. The van der Waals surface area contributed by atoms with Gasteiger partial charge in [0.25, 0.3) is 0 Å². The molecule has 1 saturated heterocycles. The summed E-state index contributed by atoms with van der Waals surface area (Å²) in [5, 5.41) is 0.750. The van der Waals surface area contributed by atoms with Gasteiger partial charge in [-0.05, 0) is 42.5 Å². The number of pyridine rings is 1. The summed E-state index contributed by atoms with van der Waals surface area (Å²) in [6, 6.07) is 11.6. The van der Waals surface area contributed by atoms with Gasteiger partial charge in [0.05, 0.1) is 30.1 Å². The number of fused-ring (bicyclic) bond motifs is 1. The number of nitrogens with zero attached hydrogens (tertiary/aromatic N) is 4. The Bertz CT molecular complexity index is 1460. The normalized spacial score (nSPS) is 20.3. The second-order valence-electron chi connectivity index (χ2n) is 8.07. The van der Waals surface area contributed by atoms with Gasteiger partial charge in [-0.2, -0.15) is 8.42 Å². The fourth-order valence-electron chi connectivity index (χ4n) is 4.28. The lowest BCUT2D eigenvalue weighted by Gasteiger charge is -2.32. The molecule has 0 bridgehead atoms. The Kier molecular flexibility index (Phi) is 5.88. The summed E-state index contributed by atoms with van der Waals surface area (Å²) < 4.78 is 54.5. The molecule has 1 aromatic heterocycles. The first-order valence-electron chi connectivity index (χ1n) is 10.7. The minimum absolute atomic E-state index is 0.0000832. The van der Waals surface area contributed by atoms with Crippen LogP contribution in [0, 0.1) is 5.82 Å². The van der Waals surface area contributed by atoms with E-state index in [4.69, 9.17) is 22.1 Å². The molecular weight excluding hydrogens is 497 g/mol. The molecule has 182 valence electrons.